The van der Waals surface area contributed by atoms with E-state index in [0.717, 1.165) is 22.7 Å². The first kappa shape index (κ1) is 14.1. The Morgan fingerprint density at radius 3 is 2.82 bits per heavy atom. The second kappa shape index (κ2) is 5.52. The summed E-state index contributed by atoms with van der Waals surface area (Å²) in [6.45, 7) is 4.43. The van der Waals surface area contributed by atoms with Crippen LogP contribution in [0.2, 0.25) is 0 Å². The molecule has 0 saturated heterocycles. The van der Waals surface area contributed by atoms with E-state index in [2.05, 4.69) is 4.98 Å². The number of benzene rings is 1. The van der Waals surface area contributed by atoms with E-state index < -0.39 is 5.97 Å². The molecule has 0 bridgehead atoms. The fourth-order valence-corrected chi connectivity index (χ4v) is 2.56. The molecule has 3 aromatic rings. The van der Waals surface area contributed by atoms with E-state index in [1.54, 1.807) is 18.3 Å². The minimum Gasteiger partial charge on any atom is -0.493 e. The van der Waals surface area contributed by atoms with Crippen molar-refractivity contribution >= 4 is 11.6 Å². The molecule has 0 radical (unpaired) electrons. The third-order valence-electron chi connectivity index (χ3n) is 3.49. The zero-order valence-corrected chi connectivity index (χ0v) is 12.4. The van der Waals surface area contributed by atoms with Gasteiger partial charge < -0.3 is 9.84 Å². The molecule has 0 amide bonds. The lowest BCUT2D eigenvalue weighted by Gasteiger charge is -2.10. The van der Waals surface area contributed by atoms with Gasteiger partial charge in [-0.1, -0.05) is 12.1 Å². The van der Waals surface area contributed by atoms with Gasteiger partial charge in [0, 0.05) is 11.8 Å². The summed E-state index contributed by atoms with van der Waals surface area (Å²) in [6, 6.07) is 10.9. The second-order valence-corrected chi connectivity index (χ2v) is 4.92. The molecular formula is C17H16N2O3. The molecule has 0 spiro atoms. The molecule has 0 aliphatic rings. The second-order valence-electron chi connectivity index (χ2n) is 4.92. The number of hydrogen-bond acceptors (Lipinski definition) is 3. The SMILES string of the molecule is CCOc1ccccc1-c1c(C)nc2cc(C(=O)O)ccn12. The summed E-state index contributed by atoms with van der Waals surface area (Å²) >= 11 is 0. The van der Waals surface area contributed by atoms with Crippen LogP contribution in [-0.2, 0) is 0 Å². The summed E-state index contributed by atoms with van der Waals surface area (Å²) in [7, 11) is 0. The largest absolute Gasteiger partial charge is 0.493 e. The van der Waals surface area contributed by atoms with Gasteiger partial charge in [0.15, 0.2) is 0 Å². The fourth-order valence-electron chi connectivity index (χ4n) is 2.56. The molecule has 0 aliphatic heterocycles. The number of fused-ring (bicyclic) bond motifs is 1. The van der Waals surface area contributed by atoms with Crippen molar-refractivity contribution in [3.05, 3.63) is 53.9 Å². The van der Waals surface area contributed by atoms with Crippen LogP contribution in [0.15, 0.2) is 42.6 Å². The molecule has 0 fully saturated rings. The highest BCUT2D eigenvalue weighted by Gasteiger charge is 2.16. The van der Waals surface area contributed by atoms with E-state index in [4.69, 9.17) is 9.84 Å². The summed E-state index contributed by atoms with van der Waals surface area (Å²) in [5, 5.41) is 9.09. The highest BCUT2D eigenvalue weighted by molar-refractivity contribution is 5.89. The van der Waals surface area contributed by atoms with Gasteiger partial charge in [-0.15, -0.1) is 0 Å². The monoisotopic (exact) mass is 296 g/mol. The molecule has 1 N–H and O–H groups in total. The molecule has 22 heavy (non-hydrogen) atoms. The number of carboxylic acids is 1. The smallest absolute Gasteiger partial charge is 0.335 e. The molecule has 0 unspecified atom stereocenters. The molecule has 2 aromatic heterocycles. The van der Waals surface area contributed by atoms with Crippen LogP contribution in [0.1, 0.15) is 23.0 Å². The van der Waals surface area contributed by atoms with E-state index in [0.29, 0.717) is 12.3 Å². The number of rotatable bonds is 4. The van der Waals surface area contributed by atoms with Crippen LogP contribution in [0.25, 0.3) is 16.9 Å². The third kappa shape index (κ3) is 2.30. The zero-order chi connectivity index (χ0) is 15.7. The quantitative estimate of drug-likeness (QED) is 0.801. The molecule has 5 heteroatoms. The average molecular weight is 296 g/mol. The van der Waals surface area contributed by atoms with Crippen molar-refractivity contribution in [2.75, 3.05) is 6.61 Å². The topological polar surface area (TPSA) is 63.8 Å². The van der Waals surface area contributed by atoms with Gasteiger partial charge in [-0.25, -0.2) is 9.78 Å². The Hall–Kier alpha value is -2.82. The Bertz CT molecular complexity index is 852. The minimum atomic E-state index is -0.959. The van der Waals surface area contributed by atoms with Crippen LogP contribution in [0, 0.1) is 6.92 Å². The van der Waals surface area contributed by atoms with Crippen molar-refractivity contribution < 1.29 is 14.6 Å². The van der Waals surface area contributed by atoms with Gasteiger partial charge in [0.05, 0.1) is 23.6 Å². The summed E-state index contributed by atoms with van der Waals surface area (Å²) < 4.78 is 7.58. The van der Waals surface area contributed by atoms with Crippen molar-refractivity contribution in [1.82, 2.24) is 9.38 Å². The number of aromatic nitrogens is 2. The van der Waals surface area contributed by atoms with Gasteiger partial charge in [0.25, 0.3) is 0 Å². The maximum absolute atomic E-state index is 11.1. The minimum absolute atomic E-state index is 0.224. The highest BCUT2D eigenvalue weighted by atomic mass is 16.5. The summed E-state index contributed by atoms with van der Waals surface area (Å²) in [5.74, 6) is -0.170. The Balaban J connectivity index is 2.23. The number of carboxylic acid groups (broad SMARTS) is 1. The number of hydrogen-bond donors (Lipinski definition) is 1. The van der Waals surface area contributed by atoms with Crippen molar-refractivity contribution in [2.24, 2.45) is 0 Å². The molecule has 3 rings (SSSR count). The predicted octanol–water partition coefficient (Wildman–Crippen LogP) is 3.41. The van der Waals surface area contributed by atoms with Crippen molar-refractivity contribution in [1.29, 1.82) is 0 Å². The number of imidazole rings is 1. The number of aryl methyl sites for hydroxylation is 1. The van der Waals surface area contributed by atoms with Gasteiger partial charge in [0.1, 0.15) is 11.4 Å². The molecule has 0 saturated carbocycles. The number of pyridine rings is 1. The average Bonchev–Trinajstić information content (AvgIpc) is 2.83. The van der Waals surface area contributed by atoms with E-state index in [1.807, 2.05) is 42.5 Å². The van der Waals surface area contributed by atoms with Gasteiger partial charge in [-0.05, 0) is 38.1 Å². The van der Waals surface area contributed by atoms with Gasteiger partial charge in [-0.3, -0.25) is 4.40 Å². The number of para-hydroxylation sites is 1. The maximum atomic E-state index is 11.1. The fraction of sp³-hybridized carbons (Fsp3) is 0.176. The highest BCUT2D eigenvalue weighted by Crippen LogP contribution is 2.32. The molecule has 5 nitrogen and oxygen atoms in total. The van der Waals surface area contributed by atoms with Crippen molar-refractivity contribution in [3.63, 3.8) is 0 Å². The van der Waals surface area contributed by atoms with E-state index in [1.165, 1.54) is 0 Å². The number of ether oxygens (including phenoxy) is 1. The first-order valence-corrected chi connectivity index (χ1v) is 7.06. The lowest BCUT2D eigenvalue weighted by atomic mass is 10.1. The lowest BCUT2D eigenvalue weighted by Crippen LogP contribution is -1.99. The summed E-state index contributed by atoms with van der Waals surface area (Å²) in [6.07, 6.45) is 1.73. The summed E-state index contributed by atoms with van der Waals surface area (Å²) in [5.41, 5.74) is 3.52. The first-order chi connectivity index (χ1) is 10.6. The van der Waals surface area contributed by atoms with E-state index >= 15 is 0 Å². The first-order valence-electron chi connectivity index (χ1n) is 7.06. The Morgan fingerprint density at radius 1 is 1.32 bits per heavy atom. The lowest BCUT2D eigenvalue weighted by molar-refractivity contribution is 0.0697. The molecule has 112 valence electrons. The molecule has 2 heterocycles. The molecule has 0 aliphatic carbocycles. The van der Waals surface area contributed by atoms with Crippen LogP contribution >= 0.6 is 0 Å². The number of nitrogens with zero attached hydrogens (tertiary/aromatic N) is 2. The standard InChI is InChI=1S/C17H16N2O3/c1-3-22-14-7-5-4-6-13(14)16-11(2)18-15-10-12(17(20)21)8-9-19(15)16/h4-10H,3H2,1-2H3,(H,20,21). The van der Waals surface area contributed by atoms with E-state index in [-0.39, 0.29) is 5.56 Å². The third-order valence-corrected chi connectivity index (χ3v) is 3.49. The van der Waals surface area contributed by atoms with Crippen LogP contribution in [-0.4, -0.2) is 27.1 Å². The maximum Gasteiger partial charge on any atom is 0.335 e. The van der Waals surface area contributed by atoms with Gasteiger partial charge in [-0.2, -0.15) is 0 Å². The Labute approximate surface area is 127 Å². The number of carbonyl (C=O) groups is 1. The molecule has 0 atom stereocenters. The van der Waals surface area contributed by atoms with Crippen molar-refractivity contribution in [3.8, 4) is 17.0 Å². The number of aromatic carboxylic acids is 1. The van der Waals surface area contributed by atoms with Crippen LogP contribution in [0.5, 0.6) is 5.75 Å². The Kier molecular flexibility index (Phi) is 3.55. The van der Waals surface area contributed by atoms with Gasteiger partial charge in [0.2, 0.25) is 0 Å². The summed E-state index contributed by atoms with van der Waals surface area (Å²) in [4.78, 5) is 15.6. The van der Waals surface area contributed by atoms with Crippen LogP contribution in [0.4, 0.5) is 0 Å². The van der Waals surface area contributed by atoms with Crippen molar-refractivity contribution in [2.45, 2.75) is 13.8 Å². The van der Waals surface area contributed by atoms with Crippen LogP contribution < -0.4 is 4.74 Å². The van der Waals surface area contributed by atoms with E-state index in [9.17, 15) is 4.79 Å². The molecule has 1 aromatic carbocycles. The van der Waals surface area contributed by atoms with Gasteiger partial charge >= 0.3 is 5.97 Å². The Morgan fingerprint density at radius 2 is 2.09 bits per heavy atom. The predicted molar refractivity (Wildman–Crippen MR) is 83.5 cm³/mol. The molecular weight excluding hydrogens is 280 g/mol. The van der Waals surface area contributed by atoms with Crippen LogP contribution in [0.3, 0.4) is 0 Å². The zero-order valence-electron chi connectivity index (χ0n) is 12.4. The normalized spacial score (nSPS) is 10.8.